The first-order valence-electron chi connectivity index (χ1n) is 9.00. The van der Waals surface area contributed by atoms with Crippen molar-refractivity contribution in [1.29, 1.82) is 0 Å². The minimum Gasteiger partial charge on any atom is -0.468 e. The normalized spacial score (nSPS) is 12.1. The van der Waals surface area contributed by atoms with E-state index in [-0.39, 0.29) is 11.8 Å². The molecule has 0 saturated carbocycles. The number of hydrogen-bond acceptors (Lipinski definition) is 5. The number of ether oxygens (including phenoxy) is 1. The standard InChI is InChI=1S/C22H18FN3O2S/c1-14(22(27)28-2)29-21-19-18(15-7-4-3-5-8-15)12-26(20(19)24-13-25-21)17-10-6-9-16(23)11-17/h3-14H,1-2H3. The van der Waals surface area contributed by atoms with Gasteiger partial charge in [-0.05, 0) is 30.7 Å². The van der Waals surface area contributed by atoms with Crippen LogP contribution >= 0.6 is 11.8 Å². The highest BCUT2D eigenvalue weighted by Crippen LogP contribution is 2.38. The van der Waals surface area contributed by atoms with Crippen molar-refractivity contribution in [1.82, 2.24) is 14.5 Å². The fourth-order valence-corrected chi connectivity index (χ4v) is 4.12. The second kappa shape index (κ2) is 8.05. The third kappa shape index (κ3) is 3.73. The zero-order chi connectivity index (χ0) is 20.4. The Morgan fingerprint density at radius 3 is 2.66 bits per heavy atom. The van der Waals surface area contributed by atoms with Crippen LogP contribution in [0.3, 0.4) is 0 Å². The molecule has 4 aromatic rings. The van der Waals surface area contributed by atoms with E-state index in [1.807, 2.05) is 47.2 Å². The highest BCUT2D eigenvalue weighted by Gasteiger charge is 2.22. The molecule has 1 atom stereocenters. The van der Waals surface area contributed by atoms with Crippen LogP contribution in [-0.2, 0) is 9.53 Å². The number of esters is 1. The number of carbonyl (C=O) groups excluding carboxylic acids is 1. The molecular formula is C22H18FN3O2S. The number of nitrogens with zero attached hydrogens (tertiary/aromatic N) is 3. The number of thioether (sulfide) groups is 1. The average Bonchev–Trinajstić information content (AvgIpc) is 3.14. The van der Waals surface area contributed by atoms with Crippen molar-refractivity contribution < 1.29 is 13.9 Å². The van der Waals surface area contributed by atoms with E-state index >= 15 is 0 Å². The maximum absolute atomic E-state index is 13.9. The second-order valence-electron chi connectivity index (χ2n) is 6.42. The average molecular weight is 407 g/mol. The molecule has 1 unspecified atom stereocenters. The number of methoxy groups -OCH3 is 1. The Morgan fingerprint density at radius 2 is 1.93 bits per heavy atom. The van der Waals surface area contributed by atoms with Gasteiger partial charge in [0, 0.05) is 17.4 Å². The van der Waals surface area contributed by atoms with Crippen molar-refractivity contribution in [2.75, 3.05) is 7.11 Å². The van der Waals surface area contributed by atoms with Crippen LogP contribution < -0.4 is 0 Å². The summed E-state index contributed by atoms with van der Waals surface area (Å²) < 4.78 is 20.6. The molecule has 0 aliphatic rings. The van der Waals surface area contributed by atoms with Gasteiger partial charge in [0.05, 0.1) is 12.5 Å². The van der Waals surface area contributed by atoms with E-state index in [0.717, 1.165) is 16.5 Å². The van der Waals surface area contributed by atoms with Gasteiger partial charge in [0.25, 0.3) is 0 Å². The number of hydrogen-bond donors (Lipinski definition) is 0. The predicted molar refractivity (Wildman–Crippen MR) is 112 cm³/mol. The summed E-state index contributed by atoms with van der Waals surface area (Å²) in [6.45, 7) is 1.77. The number of rotatable bonds is 5. The SMILES string of the molecule is COC(=O)C(C)Sc1ncnc2c1c(-c1ccccc1)cn2-c1cccc(F)c1. The Hall–Kier alpha value is -3.19. The highest BCUT2D eigenvalue weighted by atomic mass is 32.2. The van der Waals surface area contributed by atoms with Crippen LogP contribution in [0.2, 0.25) is 0 Å². The van der Waals surface area contributed by atoms with Crippen LogP contribution in [0.5, 0.6) is 0 Å². The Labute approximate surface area is 171 Å². The van der Waals surface area contributed by atoms with E-state index in [1.54, 1.807) is 13.0 Å². The minimum absolute atomic E-state index is 0.325. The van der Waals surface area contributed by atoms with E-state index in [2.05, 4.69) is 9.97 Å². The van der Waals surface area contributed by atoms with E-state index < -0.39 is 5.25 Å². The molecule has 0 fully saturated rings. The van der Waals surface area contributed by atoms with Gasteiger partial charge in [-0.25, -0.2) is 14.4 Å². The molecule has 4 rings (SSSR count). The first kappa shape index (κ1) is 19.1. The van der Waals surface area contributed by atoms with Gasteiger partial charge in [0.15, 0.2) is 0 Å². The molecule has 146 valence electrons. The fraction of sp³-hybridized carbons (Fsp3) is 0.136. The van der Waals surface area contributed by atoms with Gasteiger partial charge in [0.2, 0.25) is 0 Å². The van der Waals surface area contributed by atoms with Crippen LogP contribution in [0.25, 0.3) is 27.8 Å². The summed E-state index contributed by atoms with van der Waals surface area (Å²) in [6, 6.07) is 16.2. The smallest absolute Gasteiger partial charge is 0.318 e. The zero-order valence-corrected chi connectivity index (χ0v) is 16.7. The largest absolute Gasteiger partial charge is 0.468 e. The minimum atomic E-state index is -0.431. The molecular weight excluding hydrogens is 389 g/mol. The van der Waals surface area contributed by atoms with Crippen molar-refractivity contribution in [3.05, 3.63) is 72.9 Å². The molecule has 7 heteroatoms. The van der Waals surface area contributed by atoms with Crippen LogP contribution in [0, 0.1) is 5.82 Å². The van der Waals surface area contributed by atoms with Crippen molar-refractivity contribution in [2.45, 2.75) is 17.2 Å². The summed E-state index contributed by atoms with van der Waals surface area (Å²) in [5, 5.41) is 1.05. The Morgan fingerprint density at radius 1 is 1.14 bits per heavy atom. The number of benzene rings is 2. The fourth-order valence-electron chi connectivity index (χ4n) is 3.16. The molecule has 29 heavy (non-hydrogen) atoms. The highest BCUT2D eigenvalue weighted by molar-refractivity contribution is 8.00. The van der Waals surface area contributed by atoms with Gasteiger partial charge in [-0.15, -0.1) is 0 Å². The van der Waals surface area contributed by atoms with Gasteiger partial charge in [-0.1, -0.05) is 48.2 Å². The molecule has 0 spiro atoms. The van der Waals surface area contributed by atoms with E-state index in [1.165, 1.54) is 37.3 Å². The molecule has 0 saturated heterocycles. The van der Waals surface area contributed by atoms with Crippen LogP contribution in [0.15, 0.2) is 72.1 Å². The van der Waals surface area contributed by atoms with Crippen LogP contribution in [0.1, 0.15) is 6.92 Å². The van der Waals surface area contributed by atoms with Crippen LogP contribution in [0.4, 0.5) is 4.39 Å². The van der Waals surface area contributed by atoms with E-state index in [0.29, 0.717) is 16.4 Å². The molecule has 0 amide bonds. The number of carbonyl (C=O) groups is 1. The Bertz CT molecular complexity index is 1180. The predicted octanol–water partition coefficient (Wildman–Crippen LogP) is 4.88. The Balaban J connectivity index is 1.95. The van der Waals surface area contributed by atoms with Gasteiger partial charge in [-0.2, -0.15) is 0 Å². The lowest BCUT2D eigenvalue weighted by molar-refractivity contribution is -0.139. The van der Waals surface area contributed by atoms with Gasteiger partial charge < -0.3 is 9.30 Å². The van der Waals surface area contributed by atoms with Gasteiger partial charge >= 0.3 is 5.97 Å². The zero-order valence-electron chi connectivity index (χ0n) is 15.9. The third-order valence-corrected chi connectivity index (χ3v) is 5.62. The quantitative estimate of drug-likeness (QED) is 0.268. The third-order valence-electron chi connectivity index (χ3n) is 4.54. The number of fused-ring (bicyclic) bond motifs is 1. The molecule has 0 aliphatic carbocycles. The first-order valence-corrected chi connectivity index (χ1v) is 9.88. The van der Waals surface area contributed by atoms with Crippen molar-refractivity contribution in [2.24, 2.45) is 0 Å². The number of halogens is 1. The summed E-state index contributed by atoms with van der Waals surface area (Å²) in [6.07, 6.45) is 3.38. The van der Waals surface area contributed by atoms with Gasteiger partial charge in [0.1, 0.15) is 28.1 Å². The summed E-state index contributed by atoms with van der Waals surface area (Å²) in [5.74, 6) is -0.652. The number of aromatic nitrogens is 3. The van der Waals surface area contributed by atoms with Crippen LogP contribution in [-0.4, -0.2) is 32.9 Å². The summed E-state index contributed by atoms with van der Waals surface area (Å²) in [5.41, 5.74) is 3.19. The Kier molecular flexibility index (Phi) is 5.31. The molecule has 0 aliphatic heterocycles. The summed E-state index contributed by atoms with van der Waals surface area (Å²) in [4.78, 5) is 20.8. The molecule has 0 radical (unpaired) electrons. The van der Waals surface area contributed by atoms with Crippen molar-refractivity contribution >= 4 is 28.8 Å². The molecule has 0 bridgehead atoms. The van der Waals surface area contributed by atoms with E-state index in [4.69, 9.17) is 4.74 Å². The summed E-state index contributed by atoms with van der Waals surface area (Å²) >= 11 is 1.31. The summed E-state index contributed by atoms with van der Waals surface area (Å²) in [7, 11) is 1.37. The molecule has 0 N–H and O–H groups in total. The maximum atomic E-state index is 13.9. The van der Waals surface area contributed by atoms with Crippen molar-refractivity contribution in [3.63, 3.8) is 0 Å². The molecule has 2 heterocycles. The second-order valence-corrected chi connectivity index (χ2v) is 7.75. The first-order chi connectivity index (χ1) is 14.1. The molecule has 5 nitrogen and oxygen atoms in total. The topological polar surface area (TPSA) is 57.0 Å². The maximum Gasteiger partial charge on any atom is 0.318 e. The van der Waals surface area contributed by atoms with Gasteiger partial charge in [-0.3, -0.25) is 4.79 Å². The molecule has 2 aromatic carbocycles. The lowest BCUT2D eigenvalue weighted by atomic mass is 10.1. The van der Waals surface area contributed by atoms with Crippen molar-refractivity contribution in [3.8, 4) is 16.8 Å². The molecule has 2 aromatic heterocycles. The lowest BCUT2D eigenvalue weighted by Crippen LogP contribution is -2.14. The monoisotopic (exact) mass is 407 g/mol. The van der Waals surface area contributed by atoms with E-state index in [9.17, 15) is 9.18 Å². The lowest BCUT2D eigenvalue weighted by Gasteiger charge is -2.10.